The Hall–Kier alpha value is -2.30. The van der Waals surface area contributed by atoms with Gasteiger partial charge in [0.2, 0.25) is 0 Å². The second-order valence-electron chi connectivity index (χ2n) is 5.26. The minimum absolute atomic E-state index is 0.473. The number of hydrogen-bond acceptors (Lipinski definition) is 4. The van der Waals surface area contributed by atoms with E-state index in [1.807, 2.05) is 41.2 Å². The van der Waals surface area contributed by atoms with Crippen molar-refractivity contribution >= 4 is 22.9 Å². The van der Waals surface area contributed by atoms with Gasteiger partial charge in [-0.3, -0.25) is 10.00 Å². The molecule has 0 amide bonds. The van der Waals surface area contributed by atoms with E-state index in [-0.39, 0.29) is 0 Å². The molecule has 0 bridgehead atoms. The topological polar surface area (TPSA) is 55.9 Å². The smallest absolute Gasteiger partial charge is 0.301 e. The van der Waals surface area contributed by atoms with Gasteiger partial charge in [-0.2, -0.15) is 10.1 Å². The summed E-state index contributed by atoms with van der Waals surface area (Å²) in [4.78, 5) is 4.36. The Morgan fingerprint density at radius 3 is 2.90 bits per heavy atom. The molecule has 2 heterocycles. The number of aryl methyl sites for hydroxylation is 1. The monoisotopic (exact) mass is 270 g/mol. The highest BCUT2D eigenvalue weighted by atomic mass is 16.4. The molecule has 0 radical (unpaired) electrons. The lowest BCUT2D eigenvalue weighted by atomic mass is 10.1. The van der Waals surface area contributed by atoms with E-state index in [4.69, 9.17) is 4.42 Å². The number of fused-ring (bicyclic) bond motifs is 1. The number of rotatable bonds is 5. The Morgan fingerprint density at radius 1 is 1.25 bits per heavy atom. The van der Waals surface area contributed by atoms with E-state index >= 15 is 0 Å². The van der Waals surface area contributed by atoms with Gasteiger partial charge >= 0.3 is 6.01 Å². The Labute approximate surface area is 117 Å². The molecule has 0 saturated carbocycles. The van der Waals surface area contributed by atoms with Crippen LogP contribution in [0.5, 0.6) is 0 Å². The SMILES string of the molecule is CC(C)CCn1ccc(Nc2nc3ccccc3o2)n1. The summed E-state index contributed by atoms with van der Waals surface area (Å²) < 4.78 is 7.54. The highest BCUT2D eigenvalue weighted by molar-refractivity contribution is 5.74. The van der Waals surface area contributed by atoms with Crippen molar-refractivity contribution < 1.29 is 4.42 Å². The van der Waals surface area contributed by atoms with Gasteiger partial charge in [0.15, 0.2) is 11.4 Å². The lowest BCUT2D eigenvalue weighted by molar-refractivity contribution is 0.488. The summed E-state index contributed by atoms with van der Waals surface area (Å²) in [7, 11) is 0. The number of hydrogen-bond donors (Lipinski definition) is 1. The molecule has 5 nitrogen and oxygen atoms in total. The molecule has 0 unspecified atom stereocenters. The molecule has 0 aliphatic rings. The molecule has 0 fully saturated rings. The van der Waals surface area contributed by atoms with E-state index in [0.717, 1.165) is 29.9 Å². The van der Waals surface area contributed by atoms with E-state index in [1.165, 1.54) is 0 Å². The molecular weight excluding hydrogens is 252 g/mol. The van der Waals surface area contributed by atoms with Crippen LogP contribution in [0.3, 0.4) is 0 Å². The summed E-state index contributed by atoms with van der Waals surface area (Å²) in [5, 5.41) is 7.54. The van der Waals surface area contributed by atoms with Crippen molar-refractivity contribution in [3.63, 3.8) is 0 Å². The maximum Gasteiger partial charge on any atom is 0.301 e. The highest BCUT2D eigenvalue weighted by Gasteiger charge is 2.07. The van der Waals surface area contributed by atoms with Crippen LogP contribution in [0.1, 0.15) is 20.3 Å². The molecule has 2 aromatic heterocycles. The van der Waals surface area contributed by atoms with Crippen LogP contribution in [-0.4, -0.2) is 14.8 Å². The Morgan fingerprint density at radius 2 is 2.10 bits per heavy atom. The van der Waals surface area contributed by atoms with Crippen LogP contribution in [0.25, 0.3) is 11.1 Å². The molecule has 0 saturated heterocycles. The van der Waals surface area contributed by atoms with Crippen LogP contribution in [0.4, 0.5) is 11.8 Å². The predicted molar refractivity (Wildman–Crippen MR) is 79.0 cm³/mol. The van der Waals surface area contributed by atoms with Gasteiger partial charge in [0, 0.05) is 18.8 Å². The zero-order valence-electron chi connectivity index (χ0n) is 11.7. The van der Waals surface area contributed by atoms with Gasteiger partial charge in [-0.1, -0.05) is 26.0 Å². The fourth-order valence-electron chi connectivity index (χ4n) is 1.98. The van der Waals surface area contributed by atoms with Crippen LogP contribution >= 0.6 is 0 Å². The predicted octanol–water partition coefficient (Wildman–Crippen LogP) is 3.81. The lowest BCUT2D eigenvalue weighted by Crippen LogP contribution is -2.02. The normalized spacial score (nSPS) is 11.3. The van der Waals surface area contributed by atoms with E-state index in [9.17, 15) is 0 Å². The van der Waals surface area contributed by atoms with E-state index < -0.39 is 0 Å². The first-order chi connectivity index (χ1) is 9.70. The van der Waals surface area contributed by atoms with Crippen LogP contribution in [0.2, 0.25) is 0 Å². The third-order valence-corrected chi connectivity index (χ3v) is 3.11. The number of oxazole rings is 1. The van der Waals surface area contributed by atoms with Gasteiger partial charge in [-0.25, -0.2) is 0 Å². The van der Waals surface area contributed by atoms with Crippen molar-refractivity contribution in [1.29, 1.82) is 0 Å². The second kappa shape index (κ2) is 5.36. The van der Waals surface area contributed by atoms with Crippen molar-refractivity contribution in [1.82, 2.24) is 14.8 Å². The lowest BCUT2D eigenvalue weighted by Gasteiger charge is -2.04. The summed E-state index contributed by atoms with van der Waals surface area (Å²) in [5.41, 5.74) is 1.61. The standard InChI is InChI=1S/C15H18N4O/c1-11(2)7-9-19-10-8-14(18-19)17-15-16-12-5-3-4-6-13(12)20-15/h3-6,8,10-11H,7,9H2,1-2H3,(H,16,17,18). The Kier molecular flexibility index (Phi) is 3.41. The zero-order valence-corrected chi connectivity index (χ0v) is 11.7. The molecule has 1 aromatic carbocycles. The Bertz CT molecular complexity index is 666. The maximum atomic E-state index is 5.61. The highest BCUT2D eigenvalue weighted by Crippen LogP contribution is 2.20. The number of benzene rings is 1. The minimum Gasteiger partial charge on any atom is -0.423 e. The minimum atomic E-state index is 0.473. The molecule has 5 heteroatoms. The molecule has 3 aromatic rings. The quantitative estimate of drug-likeness (QED) is 0.765. The molecule has 1 N–H and O–H groups in total. The summed E-state index contributed by atoms with van der Waals surface area (Å²) in [6.45, 7) is 5.34. The van der Waals surface area contributed by atoms with Crippen molar-refractivity contribution in [2.45, 2.75) is 26.8 Å². The van der Waals surface area contributed by atoms with Gasteiger partial charge in [0.25, 0.3) is 0 Å². The van der Waals surface area contributed by atoms with Crippen LogP contribution < -0.4 is 5.32 Å². The fraction of sp³-hybridized carbons (Fsp3) is 0.333. The first-order valence-electron chi connectivity index (χ1n) is 6.87. The van der Waals surface area contributed by atoms with Gasteiger partial charge in [-0.05, 0) is 24.5 Å². The first-order valence-corrected chi connectivity index (χ1v) is 6.87. The average molecular weight is 270 g/mol. The molecule has 104 valence electrons. The maximum absolute atomic E-state index is 5.61. The number of para-hydroxylation sites is 2. The number of nitrogens with one attached hydrogen (secondary N) is 1. The van der Waals surface area contributed by atoms with Crippen molar-refractivity contribution in [3.05, 3.63) is 36.5 Å². The average Bonchev–Trinajstić information content (AvgIpc) is 3.02. The van der Waals surface area contributed by atoms with Crippen molar-refractivity contribution in [3.8, 4) is 0 Å². The molecule has 20 heavy (non-hydrogen) atoms. The molecule has 0 aliphatic carbocycles. The molecule has 0 spiro atoms. The van der Waals surface area contributed by atoms with E-state index in [2.05, 4.69) is 29.2 Å². The van der Waals surface area contributed by atoms with Crippen molar-refractivity contribution in [2.75, 3.05) is 5.32 Å². The van der Waals surface area contributed by atoms with E-state index in [0.29, 0.717) is 11.9 Å². The summed E-state index contributed by atoms with van der Waals surface area (Å²) in [6, 6.07) is 10.1. The molecule has 0 aliphatic heterocycles. The number of aromatic nitrogens is 3. The largest absolute Gasteiger partial charge is 0.423 e. The summed E-state index contributed by atoms with van der Waals surface area (Å²) in [6.07, 6.45) is 3.08. The summed E-state index contributed by atoms with van der Waals surface area (Å²) in [5.74, 6) is 1.42. The molecule has 3 rings (SSSR count). The van der Waals surface area contributed by atoms with Crippen LogP contribution in [0.15, 0.2) is 40.9 Å². The van der Waals surface area contributed by atoms with Crippen molar-refractivity contribution in [2.24, 2.45) is 5.92 Å². The van der Waals surface area contributed by atoms with Gasteiger partial charge < -0.3 is 4.42 Å². The van der Waals surface area contributed by atoms with Crippen LogP contribution in [0, 0.1) is 5.92 Å². The van der Waals surface area contributed by atoms with Gasteiger partial charge in [0.1, 0.15) is 5.52 Å². The number of anilines is 2. The second-order valence-corrected chi connectivity index (χ2v) is 5.26. The molecule has 0 atom stereocenters. The molecular formula is C15H18N4O. The van der Waals surface area contributed by atoms with E-state index in [1.54, 1.807) is 0 Å². The third-order valence-electron chi connectivity index (χ3n) is 3.11. The summed E-state index contributed by atoms with van der Waals surface area (Å²) >= 11 is 0. The first kappa shape index (κ1) is 12.7. The van der Waals surface area contributed by atoms with Crippen LogP contribution in [-0.2, 0) is 6.54 Å². The van der Waals surface area contributed by atoms with Gasteiger partial charge in [0.05, 0.1) is 0 Å². The Balaban J connectivity index is 1.71. The zero-order chi connectivity index (χ0) is 13.9. The third kappa shape index (κ3) is 2.82. The van der Waals surface area contributed by atoms with Gasteiger partial charge in [-0.15, -0.1) is 0 Å². The number of nitrogens with zero attached hydrogens (tertiary/aromatic N) is 3. The fourth-order valence-corrected chi connectivity index (χ4v) is 1.98.